The molecule has 0 saturated heterocycles. The molecule has 0 saturated carbocycles. The second kappa shape index (κ2) is 7.28. The lowest BCUT2D eigenvalue weighted by molar-refractivity contribution is 0.160. The lowest BCUT2D eigenvalue weighted by Gasteiger charge is -2.22. The number of hydrogen-bond acceptors (Lipinski definition) is 2. The van der Waals surface area contributed by atoms with Crippen molar-refractivity contribution in [3.05, 3.63) is 60.3 Å². The molecule has 2 rings (SSSR count). The molecule has 110 valence electrons. The summed E-state index contributed by atoms with van der Waals surface area (Å²) in [5, 5.41) is 9.10. The van der Waals surface area contributed by atoms with E-state index in [0.29, 0.717) is 5.75 Å². The first-order chi connectivity index (χ1) is 10.2. The summed E-state index contributed by atoms with van der Waals surface area (Å²) in [4.78, 5) is 12.3. The van der Waals surface area contributed by atoms with E-state index in [1.165, 1.54) is 11.1 Å². The van der Waals surface area contributed by atoms with E-state index in [2.05, 4.69) is 0 Å². The van der Waals surface area contributed by atoms with Gasteiger partial charge in [-0.05, 0) is 23.8 Å². The van der Waals surface area contributed by atoms with Gasteiger partial charge in [-0.3, -0.25) is 4.90 Å². The van der Waals surface area contributed by atoms with E-state index in [4.69, 9.17) is 9.84 Å². The van der Waals surface area contributed by atoms with Crippen LogP contribution < -0.4 is 4.74 Å². The predicted octanol–water partition coefficient (Wildman–Crippen LogP) is 3.48. The molecule has 1 atom stereocenters. The number of carbonyl (C=O) groups is 1. The summed E-state index contributed by atoms with van der Waals surface area (Å²) < 4.78 is 17.3. The molecule has 1 aliphatic rings. The maximum Gasteiger partial charge on any atom is 0.412 e. The summed E-state index contributed by atoms with van der Waals surface area (Å²) in [6.45, 7) is -0.511. The zero-order valence-electron chi connectivity index (χ0n) is 11.4. The summed E-state index contributed by atoms with van der Waals surface area (Å²) in [6, 6.07) is 6.85. The highest BCUT2D eigenvalue weighted by molar-refractivity contribution is 5.69. The molecule has 1 N–H and O–H groups in total. The zero-order valence-corrected chi connectivity index (χ0v) is 11.4. The van der Waals surface area contributed by atoms with Crippen LogP contribution in [0.5, 0.6) is 5.75 Å². The van der Waals surface area contributed by atoms with Crippen molar-refractivity contribution < 1.29 is 19.0 Å². The standard InChI is InChI=1S/C16H16FNO3/c17-9-11-21-15-6-3-4-13(12-15)7-8-14-5-1-2-10-18(14)16(19)20/h1-8,10,12,14H,9,11H2,(H,19,20). The minimum Gasteiger partial charge on any atom is -0.491 e. The van der Waals surface area contributed by atoms with Crippen molar-refractivity contribution in [2.24, 2.45) is 0 Å². The van der Waals surface area contributed by atoms with Gasteiger partial charge in [0, 0.05) is 6.20 Å². The molecule has 1 amide bonds. The first-order valence-electron chi connectivity index (χ1n) is 6.54. The smallest absolute Gasteiger partial charge is 0.412 e. The average Bonchev–Trinajstić information content (AvgIpc) is 2.51. The minimum atomic E-state index is -1.01. The van der Waals surface area contributed by atoms with Crippen LogP contribution in [0.15, 0.2) is 54.8 Å². The van der Waals surface area contributed by atoms with Crippen molar-refractivity contribution in [1.29, 1.82) is 0 Å². The van der Waals surface area contributed by atoms with Gasteiger partial charge in [0.15, 0.2) is 0 Å². The lowest BCUT2D eigenvalue weighted by atomic mass is 10.1. The number of carboxylic acid groups (broad SMARTS) is 1. The fourth-order valence-electron chi connectivity index (χ4n) is 1.93. The molecule has 0 aliphatic carbocycles. The first-order valence-corrected chi connectivity index (χ1v) is 6.54. The van der Waals surface area contributed by atoms with Crippen LogP contribution in [0.25, 0.3) is 6.08 Å². The van der Waals surface area contributed by atoms with Crippen molar-refractivity contribution in [1.82, 2.24) is 4.90 Å². The van der Waals surface area contributed by atoms with Crippen molar-refractivity contribution in [2.75, 3.05) is 13.3 Å². The number of alkyl halides is 1. The monoisotopic (exact) mass is 289 g/mol. The van der Waals surface area contributed by atoms with Crippen molar-refractivity contribution in [3.8, 4) is 5.75 Å². The van der Waals surface area contributed by atoms with Crippen molar-refractivity contribution >= 4 is 12.2 Å². The average molecular weight is 289 g/mol. The van der Waals surface area contributed by atoms with Gasteiger partial charge in [0.1, 0.15) is 19.0 Å². The third-order valence-electron chi connectivity index (χ3n) is 2.90. The molecule has 1 heterocycles. The molecule has 0 fully saturated rings. The number of nitrogens with zero attached hydrogens (tertiary/aromatic N) is 1. The fraction of sp³-hybridized carbons (Fsp3) is 0.188. The van der Waals surface area contributed by atoms with Gasteiger partial charge in [0.25, 0.3) is 0 Å². The van der Waals surface area contributed by atoms with Gasteiger partial charge in [-0.1, -0.05) is 36.4 Å². The molecule has 1 aromatic carbocycles. The van der Waals surface area contributed by atoms with E-state index < -0.39 is 12.8 Å². The Labute approximate surface area is 122 Å². The highest BCUT2D eigenvalue weighted by Crippen LogP contribution is 2.16. The van der Waals surface area contributed by atoms with Crippen molar-refractivity contribution in [2.45, 2.75) is 6.04 Å². The van der Waals surface area contributed by atoms with Crippen LogP contribution in [0.1, 0.15) is 5.56 Å². The van der Waals surface area contributed by atoms with Gasteiger partial charge < -0.3 is 9.84 Å². The van der Waals surface area contributed by atoms with Crippen LogP contribution in [0, 0.1) is 0 Å². The summed E-state index contributed by atoms with van der Waals surface area (Å²) in [5.41, 5.74) is 0.861. The Balaban J connectivity index is 2.08. The molecule has 0 aromatic heterocycles. The normalized spacial score (nSPS) is 17.4. The lowest BCUT2D eigenvalue weighted by Crippen LogP contribution is -2.33. The summed E-state index contributed by atoms with van der Waals surface area (Å²) in [5.74, 6) is 0.587. The molecule has 1 aliphatic heterocycles. The first kappa shape index (κ1) is 14.8. The number of rotatable bonds is 5. The highest BCUT2D eigenvalue weighted by Gasteiger charge is 2.17. The zero-order chi connectivity index (χ0) is 15.1. The van der Waals surface area contributed by atoms with Gasteiger partial charge in [-0.2, -0.15) is 0 Å². The van der Waals surface area contributed by atoms with Crippen LogP contribution in [0.4, 0.5) is 9.18 Å². The van der Waals surface area contributed by atoms with Crippen LogP contribution in [-0.2, 0) is 0 Å². The molecule has 5 heteroatoms. The minimum absolute atomic E-state index is 0.0239. The van der Waals surface area contributed by atoms with Gasteiger partial charge in [-0.15, -0.1) is 0 Å². The topological polar surface area (TPSA) is 49.8 Å². The quantitative estimate of drug-likeness (QED) is 0.902. The number of benzene rings is 1. The molecule has 1 unspecified atom stereocenters. The molecule has 0 bridgehead atoms. The molecule has 4 nitrogen and oxygen atoms in total. The molecule has 0 radical (unpaired) electrons. The SMILES string of the molecule is O=C(O)N1C=CC=CC1C=Cc1cccc(OCCF)c1. The number of ether oxygens (including phenoxy) is 1. The number of hydrogen-bond donors (Lipinski definition) is 1. The molecule has 1 aromatic rings. The van der Waals surface area contributed by atoms with Crippen LogP contribution in [-0.4, -0.2) is 35.4 Å². The molecule has 21 heavy (non-hydrogen) atoms. The molecular weight excluding hydrogens is 273 g/mol. The summed E-state index contributed by atoms with van der Waals surface area (Å²) in [7, 11) is 0. The van der Waals surface area contributed by atoms with Gasteiger partial charge in [0.05, 0.1) is 6.04 Å². The van der Waals surface area contributed by atoms with E-state index in [1.54, 1.807) is 42.5 Å². The second-order valence-corrected chi connectivity index (χ2v) is 4.38. The van der Waals surface area contributed by atoms with Crippen LogP contribution in [0.3, 0.4) is 0 Å². The molecular formula is C16H16FNO3. The maximum atomic E-state index is 12.1. The Morgan fingerprint density at radius 2 is 2.29 bits per heavy atom. The Morgan fingerprint density at radius 1 is 1.43 bits per heavy atom. The fourth-order valence-corrected chi connectivity index (χ4v) is 1.93. The Bertz CT molecular complexity index is 581. The Hall–Kier alpha value is -2.56. The van der Waals surface area contributed by atoms with Gasteiger partial charge in [0.2, 0.25) is 0 Å². The van der Waals surface area contributed by atoms with Crippen LogP contribution in [0.2, 0.25) is 0 Å². The predicted molar refractivity (Wildman–Crippen MR) is 78.9 cm³/mol. The van der Waals surface area contributed by atoms with Crippen LogP contribution >= 0.6 is 0 Å². The summed E-state index contributed by atoms with van der Waals surface area (Å²) in [6.07, 6.45) is 9.35. The van der Waals surface area contributed by atoms with Crippen molar-refractivity contribution in [3.63, 3.8) is 0 Å². The van der Waals surface area contributed by atoms with E-state index in [0.717, 1.165) is 5.56 Å². The number of amides is 1. The molecule has 0 spiro atoms. The van der Waals surface area contributed by atoms with Gasteiger partial charge >= 0.3 is 6.09 Å². The van der Waals surface area contributed by atoms with E-state index in [1.807, 2.05) is 12.1 Å². The third-order valence-corrected chi connectivity index (χ3v) is 2.90. The van der Waals surface area contributed by atoms with E-state index in [-0.39, 0.29) is 12.6 Å². The van der Waals surface area contributed by atoms with E-state index in [9.17, 15) is 9.18 Å². The third kappa shape index (κ3) is 4.21. The maximum absolute atomic E-state index is 12.1. The Kier molecular flexibility index (Phi) is 5.15. The second-order valence-electron chi connectivity index (χ2n) is 4.38. The summed E-state index contributed by atoms with van der Waals surface area (Å²) >= 11 is 0. The number of halogens is 1. The Morgan fingerprint density at radius 3 is 3.05 bits per heavy atom. The highest BCUT2D eigenvalue weighted by atomic mass is 19.1. The van der Waals surface area contributed by atoms with E-state index >= 15 is 0 Å². The van der Waals surface area contributed by atoms with Gasteiger partial charge in [-0.25, -0.2) is 9.18 Å². The number of allylic oxidation sites excluding steroid dienone is 2. The largest absolute Gasteiger partial charge is 0.491 e.